The van der Waals surface area contributed by atoms with Crippen LogP contribution in [0.5, 0.6) is 0 Å². The van der Waals surface area contributed by atoms with E-state index in [1.165, 1.54) is 37.3 Å². The van der Waals surface area contributed by atoms with Crippen LogP contribution in [-0.4, -0.2) is 43.6 Å². The summed E-state index contributed by atoms with van der Waals surface area (Å²) in [5.74, 6) is 0.625. The zero-order chi connectivity index (χ0) is 12.3. The highest BCUT2D eigenvalue weighted by molar-refractivity contribution is 5.42. The lowest BCUT2D eigenvalue weighted by atomic mass is 9.94. The molecule has 0 aliphatic carbocycles. The number of anilines is 1. The van der Waals surface area contributed by atoms with Gasteiger partial charge in [-0.2, -0.15) is 0 Å². The Morgan fingerprint density at radius 3 is 2.82 bits per heavy atom. The highest BCUT2D eigenvalue weighted by atomic mass is 15.1. The summed E-state index contributed by atoms with van der Waals surface area (Å²) in [5.41, 5.74) is 2.44. The van der Waals surface area contributed by atoms with Crippen molar-refractivity contribution in [2.75, 3.05) is 38.6 Å². The monoisotopic (exact) mass is 233 g/mol. The number of aromatic nitrogens is 1. The van der Waals surface area contributed by atoms with Crippen LogP contribution in [-0.2, 0) is 0 Å². The second kappa shape index (κ2) is 5.50. The third-order valence-corrected chi connectivity index (χ3v) is 3.66. The van der Waals surface area contributed by atoms with Gasteiger partial charge in [-0.05, 0) is 38.1 Å². The first-order valence-corrected chi connectivity index (χ1v) is 6.56. The molecule has 1 unspecified atom stereocenters. The SMILES string of the molecule is CCN1CCCC(c2ccc(N(C)C)cn2)C1. The summed E-state index contributed by atoms with van der Waals surface area (Å²) in [6.45, 7) is 5.82. The van der Waals surface area contributed by atoms with Crippen molar-refractivity contribution in [1.82, 2.24) is 9.88 Å². The molecule has 1 fully saturated rings. The van der Waals surface area contributed by atoms with Gasteiger partial charge in [-0.1, -0.05) is 6.92 Å². The van der Waals surface area contributed by atoms with Crippen molar-refractivity contribution in [1.29, 1.82) is 0 Å². The van der Waals surface area contributed by atoms with E-state index in [1.807, 2.05) is 6.20 Å². The minimum atomic E-state index is 0.625. The predicted octanol–water partition coefficient (Wildman–Crippen LogP) is 2.35. The molecule has 3 heteroatoms. The van der Waals surface area contributed by atoms with E-state index in [4.69, 9.17) is 0 Å². The lowest BCUT2D eigenvalue weighted by Gasteiger charge is -2.31. The largest absolute Gasteiger partial charge is 0.376 e. The van der Waals surface area contributed by atoms with Crippen LogP contribution in [0.1, 0.15) is 31.4 Å². The van der Waals surface area contributed by atoms with Crippen LogP contribution in [0.2, 0.25) is 0 Å². The molecule has 0 N–H and O–H groups in total. The number of nitrogens with zero attached hydrogens (tertiary/aromatic N) is 3. The van der Waals surface area contributed by atoms with Crippen LogP contribution in [0.4, 0.5) is 5.69 Å². The van der Waals surface area contributed by atoms with Crippen LogP contribution in [0, 0.1) is 0 Å². The number of pyridine rings is 1. The molecule has 1 aliphatic rings. The van der Waals surface area contributed by atoms with Gasteiger partial charge in [0.1, 0.15) is 0 Å². The molecular weight excluding hydrogens is 210 g/mol. The molecule has 1 aliphatic heterocycles. The van der Waals surface area contributed by atoms with E-state index < -0.39 is 0 Å². The summed E-state index contributed by atoms with van der Waals surface area (Å²) in [4.78, 5) is 9.24. The number of piperidine rings is 1. The van der Waals surface area contributed by atoms with Gasteiger partial charge in [0, 0.05) is 32.3 Å². The number of likely N-dealkylation sites (tertiary alicyclic amines) is 1. The van der Waals surface area contributed by atoms with Crippen LogP contribution < -0.4 is 4.90 Å². The average molecular weight is 233 g/mol. The van der Waals surface area contributed by atoms with E-state index in [0.717, 1.165) is 6.54 Å². The van der Waals surface area contributed by atoms with Crippen molar-refractivity contribution < 1.29 is 0 Å². The average Bonchev–Trinajstić information content (AvgIpc) is 2.39. The Bertz CT molecular complexity index is 345. The molecule has 0 spiro atoms. The molecule has 1 saturated heterocycles. The van der Waals surface area contributed by atoms with E-state index in [0.29, 0.717) is 5.92 Å². The van der Waals surface area contributed by atoms with Crippen molar-refractivity contribution >= 4 is 5.69 Å². The molecular formula is C14H23N3. The van der Waals surface area contributed by atoms with Gasteiger partial charge in [-0.25, -0.2) is 0 Å². The molecule has 1 aromatic rings. The molecule has 1 atom stereocenters. The predicted molar refractivity (Wildman–Crippen MR) is 72.7 cm³/mol. The van der Waals surface area contributed by atoms with Gasteiger partial charge in [-0.15, -0.1) is 0 Å². The van der Waals surface area contributed by atoms with Gasteiger partial charge in [-0.3, -0.25) is 4.98 Å². The molecule has 2 heterocycles. The first-order valence-electron chi connectivity index (χ1n) is 6.56. The zero-order valence-electron chi connectivity index (χ0n) is 11.2. The Morgan fingerprint density at radius 1 is 1.41 bits per heavy atom. The Balaban J connectivity index is 2.06. The molecule has 0 saturated carbocycles. The third kappa shape index (κ3) is 2.97. The Labute approximate surface area is 104 Å². The van der Waals surface area contributed by atoms with Crippen molar-refractivity contribution in [2.24, 2.45) is 0 Å². The number of likely N-dealkylation sites (N-methyl/N-ethyl adjacent to an activating group) is 1. The maximum atomic E-state index is 4.62. The fraction of sp³-hybridized carbons (Fsp3) is 0.643. The van der Waals surface area contributed by atoms with Crippen molar-refractivity contribution in [2.45, 2.75) is 25.7 Å². The lowest BCUT2D eigenvalue weighted by molar-refractivity contribution is 0.216. The van der Waals surface area contributed by atoms with Gasteiger partial charge in [0.2, 0.25) is 0 Å². The first-order chi connectivity index (χ1) is 8.20. The molecule has 17 heavy (non-hydrogen) atoms. The van der Waals surface area contributed by atoms with Gasteiger partial charge >= 0.3 is 0 Å². The summed E-state index contributed by atoms with van der Waals surface area (Å²) in [5, 5.41) is 0. The molecule has 3 nitrogen and oxygen atoms in total. The second-order valence-electron chi connectivity index (χ2n) is 5.07. The molecule has 0 aromatic carbocycles. The Hall–Kier alpha value is -1.09. The second-order valence-corrected chi connectivity index (χ2v) is 5.07. The van der Waals surface area contributed by atoms with Gasteiger partial charge in [0.15, 0.2) is 0 Å². The van der Waals surface area contributed by atoms with Crippen molar-refractivity contribution in [3.8, 4) is 0 Å². The summed E-state index contributed by atoms with van der Waals surface area (Å²) in [6.07, 6.45) is 4.57. The van der Waals surface area contributed by atoms with E-state index in [9.17, 15) is 0 Å². The van der Waals surface area contributed by atoms with Crippen molar-refractivity contribution in [3.05, 3.63) is 24.0 Å². The van der Waals surface area contributed by atoms with E-state index in [1.54, 1.807) is 0 Å². The fourth-order valence-electron chi connectivity index (χ4n) is 2.49. The van der Waals surface area contributed by atoms with Crippen molar-refractivity contribution in [3.63, 3.8) is 0 Å². The summed E-state index contributed by atoms with van der Waals surface area (Å²) < 4.78 is 0. The molecule has 2 rings (SSSR count). The smallest absolute Gasteiger partial charge is 0.0547 e. The normalized spacial score (nSPS) is 21.5. The third-order valence-electron chi connectivity index (χ3n) is 3.66. The van der Waals surface area contributed by atoms with Crippen LogP contribution in [0.15, 0.2) is 18.3 Å². The minimum absolute atomic E-state index is 0.625. The van der Waals surface area contributed by atoms with E-state index in [2.05, 4.69) is 47.9 Å². The van der Waals surface area contributed by atoms with Gasteiger partial charge in [0.25, 0.3) is 0 Å². The number of hydrogen-bond donors (Lipinski definition) is 0. The number of hydrogen-bond acceptors (Lipinski definition) is 3. The van der Waals surface area contributed by atoms with Gasteiger partial charge < -0.3 is 9.80 Å². The number of rotatable bonds is 3. The Morgan fingerprint density at radius 2 is 2.24 bits per heavy atom. The molecule has 0 radical (unpaired) electrons. The molecule has 0 bridgehead atoms. The molecule has 94 valence electrons. The molecule has 0 amide bonds. The highest BCUT2D eigenvalue weighted by Gasteiger charge is 2.21. The van der Waals surface area contributed by atoms with Gasteiger partial charge in [0.05, 0.1) is 11.9 Å². The standard InChI is InChI=1S/C14H23N3/c1-4-17-9-5-6-12(11-17)14-8-7-13(10-15-14)16(2)3/h7-8,10,12H,4-6,9,11H2,1-3H3. The fourth-order valence-corrected chi connectivity index (χ4v) is 2.49. The highest BCUT2D eigenvalue weighted by Crippen LogP contribution is 2.26. The maximum absolute atomic E-state index is 4.62. The Kier molecular flexibility index (Phi) is 4.00. The first kappa shape index (κ1) is 12.4. The van der Waals surface area contributed by atoms with E-state index in [-0.39, 0.29) is 0 Å². The summed E-state index contributed by atoms with van der Waals surface area (Å²) in [6, 6.07) is 4.37. The van der Waals surface area contributed by atoms with Crippen LogP contribution in [0.3, 0.4) is 0 Å². The zero-order valence-corrected chi connectivity index (χ0v) is 11.2. The maximum Gasteiger partial charge on any atom is 0.0547 e. The molecule has 1 aromatic heterocycles. The van der Waals surface area contributed by atoms with Crippen LogP contribution >= 0.6 is 0 Å². The lowest BCUT2D eigenvalue weighted by Crippen LogP contribution is -2.34. The summed E-state index contributed by atoms with van der Waals surface area (Å²) >= 11 is 0. The topological polar surface area (TPSA) is 19.4 Å². The minimum Gasteiger partial charge on any atom is -0.376 e. The quantitative estimate of drug-likeness (QED) is 0.799. The van der Waals surface area contributed by atoms with Crippen LogP contribution in [0.25, 0.3) is 0 Å². The summed E-state index contributed by atoms with van der Waals surface area (Å²) in [7, 11) is 4.10. The van der Waals surface area contributed by atoms with E-state index >= 15 is 0 Å².